The van der Waals surface area contributed by atoms with E-state index < -0.39 is 11.6 Å². The fraction of sp³-hybridized carbons (Fsp3) is 0. The molecular weight excluding hydrogens is 725 g/mol. The third-order valence-corrected chi connectivity index (χ3v) is 10.7. The molecule has 0 N–H and O–H groups in total. The van der Waals surface area contributed by atoms with E-state index in [1.165, 1.54) is 12.1 Å². The summed E-state index contributed by atoms with van der Waals surface area (Å²) in [6.45, 7) is 0. The SMILES string of the molecule is Fc1cc(-c2ccnc3c2ccc2cccnc23)ccc1-c1nc(-c2ccc3ccccc3c2)nc(-c2ccc(-c3ccnc4c3ccc3cccnc34)cc2F)n1. The van der Waals surface area contributed by atoms with E-state index in [-0.39, 0.29) is 28.6 Å². The zero-order valence-electron chi connectivity index (χ0n) is 30.5. The molecule has 0 radical (unpaired) electrons. The maximum atomic E-state index is 16.5. The number of hydrogen-bond acceptors (Lipinski definition) is 7. The summed E-state index contributed by atoms with van der Waals surface area (Å²) in [5.74, 6) is -0.627. The van der Waals surface area contributed by atoms with E-state index in [9.17, 15) is 0 Å². The van der Waals surface area contributed by atoms with Gasteiger partial charge in [-0.3, -0.25) is 19.9 Å². The molecule has 0 spiro atoms. The van der Waals surface area contributed by atoms with E-state index in [1.54, 1.807) is 36.9 Å². The molecule has 0 aliphatic carbocycles. The molecule has 11 rings (SSSR count). The van der Waals surface area contributed by atoms with Crippen molar-refractivity contribution in [1.29, 1.82) is 0 Å². The lowest BCUT2D eigenvalue weighted by molar-refractivity contribution is 0.629. The van der Waals surface area contributed by atoms with E-state index in [1.807, 2.05) is 115 Å². The summed E-state index contributed by atoms with van der Waals surface area (Å²) in [6.07, 6.45) is 6.90. The largest absolute Gasteiger partial charge is 0.254 e. The lowest BCUT2D eigenvalue weighted by Crippen LogP contribution is -2.02. The van der Waals surface area contributed by atoms with Gasteiger partial charge in [0.2, 0.25) is 0 Å². The van der Waals surface area contributed by atoms with Crippen LogP contribution < -0.4 is 0 Å². The van der Waals surface area contributed by atoms with Gasteiger partial charge in [0.05, 0.1) is 33.2 Å². The summed E-state index contributed by atoms with van der Waals surface area (Å²) in [5.41, 5.74) is 6.94. The number of aromatic nitrogens is 7. The lowest BCUT2D eigenvalue weighted by atomic mass is 9.98. The predicted molar refractivity (Wildman–Crippen MR) is 226 cm³/mol. The van der Waals surface area contributed by atoms with Gasteiger partial charge in [-0.1, -0.05) is 84.9 Å². The van der Waals surface area contributed by atoms with Gasteiger partial charge in [0, 0.05) is 51.9 Å². The van der Waals surface area contributed by atoms with Crippen LogP contribution >= 0.6 is 0 Å². The number of pyridine rings is 4. The molecule has 11 aromatic rings. The van der Waals surface area contributed by atoms with Gasteiger partial charge in [0.15, 0.2) is 17.5 Å². The molecule has 0 aliphatic heterocycles. The Hall–Kier alpha value is -7.91. The number of halogens is 2. The molecule has 0 saturated carbocycles. The van der Waals surface area contributed by atoms with Crippen molar-refractivity contribution in [3.05, 3.63) is 176 Å². The highest BCUT2D eigenvalue weighted by Gasteiger charge is 2.20. The minimum absolute atomic E-state index is 0.0787. The quantitative estimate of drug-likeness (QED) is 0.162. The molecule has 0 amide bonds. The standard InChI is InChI=1S/C49H27F2N7/c50-41-26-32(35-19-23-54-45-37(35)15-11-29-7-3-21-52-43(29)45)13-17-39(41)48-56-47(34-10-9-28-5-1-2-6-31(28)25-34)57-49(58-48)40-18-14-33(27-42(40)51)36-20-24-55-46-38(36)16-12-30-8-4-22-53-44(30)46/h1-27H. The van der Waals surface area contributed by atoms with Crippen molar-refractivity contribution in [2.75, 3.05) is 0 Å². The summed E-state index contributed by atoms with van der Waals surface area (Å²) in [4.78, 5) is 32.6. The van der Waals surface area contributed by atoms with Gasteiger partial charge >= 0.3 is 0 Å². The normalized spacial score (nSPS) is 11.6. The Labute approximate surface area is 329 Å². The molecule has 0 unspecified atom stereocenters. The Morgan fingerprint density at radius 2 is 0.776 bits per heavy atom. The molecule has 7 nitrogen and oxygen atoms in total. The maximum absolute atomic E-state index is 16.5. The van der Waals surface area contributed by atoms with Gasteiger partial charge in [-0.2, -0.15) is 0 Å². The van der Waals surface area contributed by atoms with Crippen LogP contribution in [0.3, 0.4) is 0 Å². The predicted octanol–water partition coefficient (Wildman–Crippen LogP) is 11.8. The lowest BCUT2D eigenvalue weighted by Gasteiger charge is -2.13. The molecule has 0 aliphatic rings. The van der Waals surface area contributed by atoms with Crippen LogP contribution in [0, 0.1) is 11.6 Å². The van der Waals surface area contributed by atoms with Crippen molar-refractivity contribution in [2.45, 2.75) is 0 Å². The van der Waals surface area contributed by atoms with E-state index in [0.717, 1.165) is 65.5 Å². The average Bonchev–Trinajstić information content (AvgIpc) is 3.28. The van der Waals surface area contributed by atoms with Crippen LogP contribution in [0.4, 0.5) is 8.78 Å². The molecule has 5 heterocycles. The number of benzene rings is 6. The van der Waals surface area contributed by atoms with Crippen LogP contribution in [0.15, 0.2) is 164 Å². The highest BCUT2D eigenvalue weighted by atomic mass is 19.1. The molecule has 0 bridgehead atoms. The Morgan fingerprint density at radius 3 is 1.33 bits per heavy atom. The third kappa shape index (κ3) is 5.59. The minimum Gasteiger partial charge on any atom is -0.254 e. The first-order valence-corrected chi connectivity index (χ1v) is 18.7. The molecule has 58 heavy (non-hydrogen) atoms. The number of rotatable bonds is 5. The van der Waals surface area contributed by atoms with E-state index in [2.05, 4.69) is 19.9 Å². The summed E-state index contributed by atoms with van der Waals surface area (Å²) in [6, 6.07) is 43.2. The van der Waals surface area contributed by atoms with Crippen LogP contribution in [-0.2, 0) is 0 Å². The smallest absolute Gasteiger partial charge is 0.167 e. The van der Waals surface area contributed by atoms with Crippen LogP contribution in [0.5, 0.6) is 0 Å². The average molecular weight is 752 g/mol. The van der Waals surface area contributed by atoms with E-state index >= 15 is 8.78 Å². The van der Waals surface area contributed by atoms with Crippen LogP contribution in [0.1, 0.15) is 0 Å². The van der Waals surface area contributed by atoms with Crippen molar-refractivity contribution >= 4 is 54.4 Å². The Kier molecular flexibility index (Phi) is 7.72. The highest BCUT2D eigenvalue weighted by molar-refractivity contribution is 6.09. The summed E-state index contributed by atoms with van der Waals surface area (Å²) < 4.78 is 33.0. The molecule has 9 heteroatoms. The molecule has 0 saturated heterocycles. The summed E-state index contributed by atoms with van der Waals surface area (Å²) >= 11 is 0. The van der Waals surface area contributed by atoms with Crippen molar-refractivity contribution in [3.8, 4) is 56.4 Å². The van der Waals surface area contributed by atoms with Gasteiger partial charge < -0.3 is 0 Å². The second-order valence-corrected chi connectivity index (χ2v) is 14.0. The second-order valence-electron chi connectivity index (χ2n) is 14.0. The number of nitrogens with zero attached hydrogens (tertiary/aromatic N) is 7. The van der Waals surface area contributed by atoms with Crippen molar-refractivity contribution in [1.82, 2.24) is 34.9 Å². The van der Waals surface area contributed by atoms with Gasteiger partial charge in [0.1, 0.15) is 11.6 Å². The first kappa shape index (κ1) is 33.4. The first-order valence-electron chi connectivity index (χ1n) is 18.7. The van der Waals surface area contributed by atoms with E-state index in [4.69, 9.17) is 15.0 Å². The molecule has 5 aromatic heterocycles. The summed E-state index contributed by atoms with van der Waals surface area (Å²) in [5, 5.41) is 5.67. The summed E-state index contributed by atoms with van der Waals surface area (Å²) in [7, 11) is 0. The van der Waals surface area contributed by atoms with Gasteiger partial charge in [-0.05, 0) is 87.6 Å². The first-order chi connectivity index (χ1) is 28.6. The Morgan fingerprint density at radius 1 is 0.310 bits per heavy atom. The van der Waals surface area contributed by atoms with Crippen molar-refractivity contribution in [2.24, 2.45) is 0 Å². The zero-order valence-corrected chi connectivity index (χ0v) is 30.5. The molecule has 0 fully saturated rings. The van der Waals surface area contributed by atoms with Crippen LogP contribution in [0.2, 0.25) is 0 Å². The number of fused-ring (bicyclic) bond motifs is 7. The molecule has 272 valence electrons. The van der Waals surface area contributed by atoms with Crippen molar-refractivity contribution < 1.29 is 8.78 Å². The van der Waals surface area contributed by atoms with Crippen molar-refractivity contribution in [3.63, 3.8) is 0 Å². The van der Waals surface area contributed by atoms with Gasteiger partial charge in [-0.15, -0.1) is 0 Å². The van der Waals surface area contributed by atoms with Gasteiger partial charge in [-0.25, -0.2) is 23.7 Å². The fourth-order valence-corrected chi connectivity index (χ4v) is 7.81. The Bertz CT molecular complexity index is 3270. The van der Waals surface area contributed by atoms with Crippen LogP contribution in [0.25, 0.3) is 111 Å². The molecular formula is C49H27F2N7. The Balaban J connectivity index is 1.04. The molecule has 0 atom stereocenters. The maximum Gasteiger partial charge on any atom is 0.167 e. The zero-order chi connectivity index (χ0) is 38.7. The fourth-order valence-electron chi connectivity index (χ4n) is 7.81. The monoisotopic (exact) mass is 751 g/mol. The number of hydrogen-bond donors (Lipinski definition) is 0. The highest BCUT2D eigenvalue weighted by Crippen LogP contribution is 2.36. The topological polar surface area (TPSA) is 90.2 Å². The van der Waals surface area contributed by atoms with Crippen LogP contribution in [-0.4, -0.2) is 34.9 Å². The third-order valence-electron chi connectivity index (χ3n) is 10.7. The second kappa shape index (κ2) is 13.4. The molecule has 6 aromatic carbocycles. The minimum atomic E-state index is -0.537. The van der Waals surface area contributed by atoms with Gasteiger partial charge in [0.25, 0.3) is 0 Å². The van der Waals surface area contributed by atoms with E-state index in [0.29, 0.717) is 16.7 Å².